The van der Waals surface area contributed by atoms with E-state index in [0.29, 0.717) is 12.8 Å². The van der Waals surface area contributed by atoms with Crippen LogP contribution in [0.5, 0.6) is 0 Å². The number of carbonyl (C=O) groups excluding carboxylic acids is 2. The van der Waals surface area contributed by atoms with Crippen molar-refractivity contribution in [2.45, 2.75) is 355 Å². The lowest BCUT2D eigenvalue weighted by atomic mass is 9.96. The zero-order chi connectivity index (χ0) is 61.1. The average molecular weight is 1200 g/mol. The van der Waals surface area contributed by atoms with E-state index in [1.165, 1.54) is 129 Å². The summed E-state index contributed by atoms with van der Waals surface area (Å²) in [6, 6.07) is -1.62. The molecule has 490 valence electrons. The maximum Gasteiger partial charge on any atom is 0.257 e. The number of ketones is 1. The number of carbonyl (C=O) groups is 2. The first-order valence-corrected chi connectivity index (χ1v) is 32.4. The Morgan fingerprint density at radius 3 is 1.28 bits per heavy atom. The molecule has 3 aliphatic heterocycles. The number of hydrogen-bond acceptors (Lipinski definition) is 21. The summed E-state index contributed by atoms with van der Waals surface area (Å²) in [4.78, 5) is 26.9. The van der Waals surface area contributed by atoms with Gasteiger partial charge in [-0.2, -0.15) is 0 Å². The Morgan fingerprint density at radius 2 is 0.831 bits per heavy atom. The fraction of sp³-hybridized carbons (Fsp3) is 0.967. The standard InChI is InChI=1S/C61H115NO21/c1-4-6-8-10-12-14-16-17-18-19-20-21-22-23-24-26-28-30-32-34-36-43(66)48(69)52(73)58(77)62-41(47(68)42(65)35-33-31-29-27-25-15-13-11-9-7-5-2)39-78-59-55(76)57(83-60-53(74)50(71)46(67)40(3)79-60)56(45(38-64)81-59)82-61-54(75)51(72)49(70)44(37-63)80-61/h40-47,49-57,59-61,63-68,70-76H,4-39H2,1-3H3,(H,62,77). The molecule has 1 amide bonds. The highest BCUT2D eigenvalue weighted by atomic mass is 16.8. The van der Waals surface area contributed by atoms with Crippen molar-refractivity contribution in [3.8, 4) is 0 Å². The lowest BCUT2D eigenvalue weighted by molar-refractivity contribution is -0.386. The molecule has 3 heterocycles. The first kappa shape index (κ1) is 75.6. The van der Waals surface area contributed by atoms with Crippen molar-refractivity contribution in [2.24, 2.45) is 0 Å². The van der Waals surface area contributed by atoms with Crippen molar-refractivity contribution in [1.29, 1.82) is 0 Å². The predicted octanol–water partition coefficient (Wildman–Crippen LogP) is 3.89. The third-order valence-corrected chi connectivity index (χ3v) is 16.9. The summed E-state index contributed by atoms with van der Waals surface area (Å²) in [6.07, 6.45) is 1.54. The van der Waals surface area contributed by atoms with E-state index in [1.54, 1.807) is 0 Å². The van der Waals surface area contributed by atoms with Gasteiger partial charge in [0.1, 0.15) is 79.4 Å². The Labute approximate surface area is 494 Å². The average Bonchev–Trinajstić information content (AvgIpc) is 3.67. The van der Waals surface area contributed by atoms with Crippen LogP contribution in [-0.2, 0) is 38.0 Å². The van der Waals surface area contributed by atoms with Gasteiger partial charge < -0.3 is 100 Å². The van der Waals surface area contributed by atoms with Gasteiger partial charge in [0, 0.05) is 0 Å². The van der Waals surface area contributed by atoms with Crippen LogP contribution in [0, 0.1) is 0 Å². The summed E-state index contributed by atoms with van der Waals surface area (Å²) >= 11 is 0. The third kappa shape index (κ3) is 27.3. The van der Waals surface area contributed by atoms with E-state index in [1.807, 2.05) is 0 Å². The molecule has 0 spiro atoms. The van der Waals surface area contributed by atoms with Crippen LogP contribution in [0.1, 0.15) is 233 Å². The molecule has 22 heteroatoms. The van der Waals surface area contributed by atoms with E-state index in [2.05, 4.69) is 19.2 Å². The lowest BCUT2D eigenvalue weighted by Crippen LogP contribution is -2.67. The van der Waals surface area contributed by atoms with Gasteiger partial charge >= 0.3 is 0 Å². The van der Waals surface area contributed by atoms with E-state index in [4.69, 9.17) is 28.4 Å². The monoisotopic (exact) mass is 1200 g/mol. The van der Waals surface area contributed by atoms with E-state index in [0.717, 1.165) is 64.2 Å². The van der Waals surface area contributed by atoms with E-state index in [-0.39, 0.29) is 12.8 Å². The maximum atomic E-state index is 13.6. The molecule has 0 aromatic carbocycles. The Balaban J connectivity index is 1.63. The highest BCUT2D eigenvalue weighted by Gasteiger charge is 2.54. The Kier molecular flexibility index (Phi) is 40.0. The highest BCUT2D eigenvalue weighted by molar-refractivity contribution is 6.05. The van der Waals surface area contributed by atoms with Crippen LogP contribution in [0.4, 0.5) is 0 Å². The SMILES string of the molecule is CCCCCCCCCCCCCCCCCCCCCCC(O)C(=O)C(O)C(=O)NC(COC1OC(CO)C(OC2OC(CO)C(O)C(O)C2O)C(OC2OC(C)C(O)C(O)C2O)C1O)C(O)C(O)CCCCCCCCCCCCC. The van der Waals surface area contributed by atoms with Crippen molar-refractivity contribution >= 4 is 11.7 Å². The van der Waals surface area contributed by atoms with Crippen LogP contribution in [-0.4, -0.2) is 220 Å². The quantitative estimate of drug-likeness (QED) is 0.0303. The van der Waals surface area contributed by atoms with Crippen LogP contribution < -0.4 is 5.32 Å². The van der Waals surface area contributed by atoms with E-state index in [9.17, 15) is 76.0 Å². The van der Waals surface area contributed by atoms with Gasteiger partial charge in [0.2, 0.25) is 0 Å². The fourth-order valence-corrected chi connectivity index (χ4v) is 11.3. The molecule has 0 aromatic heterocycles. The zero-order valence-electron chi connectivity index (χ0n) is 50.6. The van der Waals surface area contributed by atoms with Gasteiger partial charge in [-0.3, -0.25) is 9.59 Å². The predicted molar refractivity (Wildman–Crippen MR) is 308 cm³/mol. The molecule has 3 aliphatic rings. The van der Waals surface area contributed by atoms with Crippen LogP contribution in [0.3, 0.4) is 0 Å². The van der Waals surface area contributed by atoms with Crippen molar-refractivity contribution in [2.75, 3.05) is 19.8 Å². The number of ether oxygens (including phenoxy) is 6. The maximum absolute atomic E-state index is 13.6. The van der Waals surface area contributed by atoms with Crippen LogP contribution in [0.25, 0.3) is 0 Å². The zero-order valence-corrected chi connectivity index (χ0v) is 50.6. The van der Waals surface area contributed by atoms with E-state index >= 15 is 0 Å². The summed E-state index contributed by atoms with van der Waals surface area (Å²) in [5.74, 6) is -2.49. The molecule has 3 saturated heterocycles. The number of rotatable bonds is 48. The molecule has 22 nitrogen and oxygen atoms in total. The minimum absolute atomic E-state index is 0.00358. The molecule has 83 heavy (non-hydrogen) atoms. The van der Waals surface area contributed by atoms with Gasteiger partial charge in [-0.1, -0.05) is 213 Å². The van der Waals surface area contributed by atoms with Crippen molar-refractivity contribution in [3.63, 3.8) is 0 Å². The molecule has 0 aliphatic carbocycles. The molecule has 0 radical (unpaired) electrons. The topological polar surface area (TPSA) is 365 Å². The number of unbranched alkanes of at least 4 members (excludes halogenated alkanes) is 29. The van der Waals surface area contributed by atoms with Gasteiger partial charge in [0.25, 0.3) is 5.91 Å². The Hall–Kier alpha value is -1.62. The van der Waals surface area contributed by atoms with Gasteiger partial charge in [0.05, 0.1) is 38.1 Å². The van der Waals surface area contributed by atoms with Crippen molar-refractivity contribution in [3.05, 3.63) is 0 Å². The summed E-state index contributed by atoms with van der Waals surface area (Å²) < 4.78 is 34.9. The van der Waals surface area contributed by atoms with Gasteiger partial charge in [-0.05, 0) is 19.8 Å². The summed E-state index contributed by atoms with van der Waals surface area (Å²) in [5, 5.41) is 143. The fourth-order valence-electron chi connectivity index (χ4n) is 11.3. The van der Waals surface area contributed by atoms with Gasteiger partial charge in [-0.25, -0.2) is 0 Å². The molecule has 3 rings (SSSR count). The minimum atomic E-state index is -2.39. The molecule has 14 N–H and O–H groups in total. The minimum Gasteiger partial charge on any atom is -0.394 e. The number of hydrogen-bond donors (Lipinski definition) is 14. The second kappa shape index (κ2) is 43.9. The molecule has 3 fully saturated rings. The molecule has 0 aromatic rings. The van der Waals surface area contributed by atoms with Crippen molar-refractivity contribution in [1.82, 2.24) is 5.32 Å². The van der Waals surface area contributed by atoms with Gasteiger partial charge in [0.15, 0.2) is 30.8 Å². The Bertz CT molecular complexity index is 1640. The number of Topliss-reactive ketones (excluding diaryl/α,β-unsaturated/α-hetero) is 1. The first-order chi connectivity index (χ1) is 39.9. The number of amides is 1. The first-order valence-electron chi connectivity index (χ1n) is 32.4. The third-order valence-electron chi connectivity index (χ3n) is 16.9. The van der Waals surface area contributed by atoms with Crippen LogP contribution in [0.2, 0.25) is 0 Å². The summed E-state index contributed by atoms with van der Waals surface area (Å²) in [7, 11) is 0. The second-order valence-electron chi connectivity index (χ2n) is 24.0. The van der Waals surface area contributed by atoms with E-state index < -0.39 is 154 Å². The molecule has 20 atom stereocenters. The van der Waals surface area contributed by atoms with Crippen LogP contribution >= 0.6 is 0 Å². The molecule has 20 unspecified atom stereocenters. The second-order valence-corrected chi connectivity index (χ2v) is 24.0. The normalized spacial score (nSPS) is 30.4. The molecule has 0 saturated carbocycles. The smallest absolute Gasteiger partial charge is 0.257 e. The number of aliphatic hydroxyl groups excluding tert-OH is 13. The molecule has 0 bridgehead atoms. The highest BCUT2D eigenvalue weighted by Crippen LogP contribution is 2.34. The number of aliphatic hydroxyl groups is 13. The van der Waals surface area contributed by atoms with Gasteiger partial charge in [-0.15, -0.1) is 0 Å². The lowest BCUT2D eigenvalue weighted by Gasteiger charge is -2.49. The van der Waals surface area contributed by atoms with Crippen LogP contribution in [0.15, 0.2) is 0 Å². The number of nitrogens with one attached hydrogen (secondary N) is 1. The summed E-state index contributed by atoms with van der Waals surface area (Å²) in [5.41, 5.74) is 0. The van der Waals surface area contributed by atoms with Crippen molar-refractivity contribution < 1.29 is 104 Å². The largest absolute Gasteiger partial charge is 0.394 e. The molecular weight excluding hydrogens is 1080 g/mol. The summed E-state index contributed by atoms with van der Waals surface area (Å²) in [6.45, 7) is 3.20. The Morgan fingerprint density at radius 1 is 0.446 bits per heavy atom. The molecular formula is C61H115NO21.